The second-order valence-electron chi connectivity index (χ2n) is 5.51. The molecule has 0 unspecified atom stereocenters. The van der Waals surface area contributed by atoms with Crippen molar-refractivity contribution in [2.75, 3.05) is 11.4 Å². The van der Waals surface area contributed by atoms with Gasteiger partial charge in [-0.15, -0.1) is 5.10 Å². The van der Waals surface area contributed by atoms with E-state index in [1.807, 2.05) is 27.7 Å². The van der Waals surface area contributed by atoms with Crippen LogP contribution >= 0.6 is 0 Å². The van der Waals surface area contributed by atoms with Gasteiger partial charge in [0.1, 0.15) is 0 Å². The van der Waals surface area contributed by atoms with Gasteiger partial charge in [-0.3, -0.25) is 0 Å². The maximum atomic E-state index is 13.8. The molecule has 0 atom stereocenters. The van der Waals surface area contributed by atoms with Gasteiger partial charge in [0.2, 0.25) is 0 Å². The fraction of sp³-hybridized carbons (Fsp3) is 0.692. The Labute approximate surface area is 106 Å². The first-order chi connectivity index (χ1) is 8.32. The number of hydrogen-bond donors (Lipinski definition) is 0. The first kappa shape index (κ1) is 13.2. The zero-order chi connectivity index (χ0) is 13.5. The molecule has 5 heteroatoms. The third kappa shape index (κ3) is 2.31. The van der Waals surface area contributed by atoms with Gasteiger partial charge in [-0.25, -0.2) is 8.78 Å². The van der Waals surface area contributed by atoms with Crippen LogP contribution in [0.5, 0.6) is 0 Å². The largest absolute Gasteiger partial charge is 0.346 e. The van der Waals surface area contributed by atoms with Crippen molar-refractivity contribution in [3.05, 3.63) is 17.3 Å². The van der Waals surface area contributed by atoms with Crippen LogP contribution in [0, 0.1) is 0 Å². The Bertz CT molecular complexity index is 444. The summed E-state index contributed by atoms with van der Waals surface area (Å²) in [5.74, 6) is -1.89. The van der Waals surface area contributed by atoms with Crippen molar-refractivity contribution in [2.45, 2.75) is 52.0 Å². The van der Waals surface area contributed by atoms with Crippen molar-refractivity contribution in [3.8, 4) is 0 Å². The summed E-state index contributed by atoms with van der Waals surface area (Å²) in [6.45, 7) is 7.51. The van der Waals surface area contributed by atoms with Gasteiger partial charge in [-0.2, -0.15) is 5.10 Å². The van der Waals surface area contributed by atoms with Crippen molar-refractivity contribution < 1.29 is 8.78 Å². The van der Waals surface area contributed by atoms with Crippen molar-refractivity contribution in [2.24, 2.45) is 0 Å². The van der Waals surface area contributed by atoms with Crippen LogP contribution in [0.3, 0.4) is 0 Å². The Morgan fingerprint density at radius 1 is 1.28 bits per heavy atom. The highest BCUT2D eigenvalue weighted by atomic mass is 19.3. The third-order valence-electron chi connectivity index (χ3n) is 3.32. The standard InChI is InChI=1S/C13H19F2N3/c1-8(2)11-6-16-17-12-10(11)5-13(14,15)7-18(12)9(3)4/h6,8-9H,5,7H2,1-4H3. The number of hydrogen-bond acceptors (Lipinski definition) is 3. The summed E-state index contributed by atoms with van der Waals surface area (Å²) in [5, 5.41) is 8.04. The lowest BCUT2D eigenvalue weighted by atomic mass is 9.92. The number of alkyl halides is 2. The summed E-state index contributed by atoms with van der Waals surface area (Å²) in [6, 6.07) is -0.00774. The van der Waals surface area contributed by atoms with E-state index in [9.17, 15) is 8.78 Å². The smallest absolute Gasteiger partial charge is 0.269 e. The van der Waals surface area contributed by atoms with E-state index in [0.29, 0.717) is 11.4 Å². The number of nitrogens with zero attached hydrogens (tertiary/aromatic N) is 3. The molecule has 2 rings (SSSR count). The molecule has 0 bridgehead atoms. The van der Waals surface area contributed by atoms with E-state index in [-0.39, 0.29) is 24.9 Å². The summed E-state index contributed by atoms with van der Waals surface area (Å²) < 4.78 is 27.7. The quantitative estimate of drug-likeness (QED) is 0.813. The normalized spacial score (nSPS) is 18.3. The zero-order valence-corrected chi connectivity index (χ0v) is 11.2. The Kier molecular flexibility index (Phi) is 3.25. The number of rotatable bonds is 2. The van der Waals surface area contributed by atoms with Crippen LogP contribution in [0.15, 0.2) is 6.20 Å². The van der Waals surface area contributed by atoms with E-state index in [2.05, 4.69) is 10.2 Å². The van der Waals surface area contributed by atoms with Gasteiger partial charge in [0.25, 0.3) is 5.92 Å². The highest BCUT2D eigenvalue weighted by Crippen LogP contribution is 2.37. The lowest BCUT2D eigenvalue weighted by Gasteiger charge is -2.38. The summed E-state index contributed by atoms with van der Waals surface area (Å²) >= 11 is 0. The monoisotopic (exact) mass is 255 g/mol. The molecule has 0 fully saturated rings. The molecule has 1 aliphatic heterocycles. The van der Waals surface area contributed by atoms with Gasteiger partial charge in [-0.1, -0.05) is 13.8 Å². The topological polar surface area (TPSA) is 29.0 Å². The molecule has 0 saturated carbocycles. The van der Waals surface area contributed by atoms with Crippen LogP contribution in [0.4, 0.5) is 14.6 Å². The molecular formula is C13H19F2N3. The molecule has 0 radical (unpaired) electrons. The van der Waals surface area contributed by atoms with Gasteiger partial charge in [0.15, 0.2) is 5.82 Å². The maximum absolute atomic E-state index is 13.8. The van der Waals surface area contributed by atoms with E-state index in [1.54, 1.807) is 11.1 Å². The van der Waals surface area contributed by atoms with Crippen molar-refractivity contribution in [3.63, 3.8) is 0 Å². The van der Waals surface area contributed by atoms with Crippen LogP contribution in [0.25, 0.3) is 0 Å². The average molecular weight is 255 g/mol. The van der Waals surface area contributed by atoms with Gasteiger partial charge in [0.05, 0.1) is 12.7 Å². The Balaban J connectivity index is 2.55. The van der Waals surface area contributed by atoms with E-state index in [0.717, 1.165) is 5.56 Å². The van der Waals surface area contributed by atoms with Crippen LogP contribution in [0.1, 0.15) is 44.7 Å². The molecule has 0 saturated heterocycles. The molecule has 0 aromatic carbocycles. The second kappa shape index (κ2) is 4.44. The molecule has 1 aromatic rings. The predicted octanol–water partition coefficient (Wildman–Crippen LogP) is 3.01. The number of halogens is 2. The summed E-state index contributed by atoms with van der Waals surface area (Å²) in [5.41, 5.74) is 1.54. The molecule has 0 spiro atoms. The maximum Gasteiger partial charge on any atom is 0.269 e. The summed E-state index contributed by atoms with van der Waals surface area (Å²) in [6.07, 6.45) is 1.39. The van der Waals surface area contributed by atoms with Gasteiger partial charge in [0, 0.05) is 18.0 Å². The van der Waals surface area contributed by atoms with Gasteiger partial charge in [-0.05, 0) is 25.3 Å². The van der Waals surface area contributed by atoms with Crippen molar-refractivity contribution >= 4 is 5.82 Å². The zero-order valence-electron chi connectivity index (χ0n) is 11.2. The molecule has 0 aliphatic carbocycles. The lowest BCUT2D eigenvalue weighted by molar-refractivity contribution is 0.00315. The van der Waals surface area contributed by atoms with Crippen molar-refractivity contribution in [1.29, 1.82) is 0 Å². The molecule has 2 heterocycles. The Morgan fingerprint density at radius 3 is 2.50 bits per heavy atom. The number of fused-ring (bicyclic) bond motifs is 1. The fourth-order valence-electron chi connectivity index (χ4n) is 2.39. The number of anilines is 1. The minimum Gasteiger partial charge on any atom is -0.346 e. The summed E-state index contributed by atoms with van der Waals surface area (Å²) in [4.78, 5) is 1.65. The van der Waals surface area contributed by atoms with Crippen LogP contribution in [-0.4, -0.2) is 28.7 Å². The molecule has 1 aliphatic rings. The molecular weight excluding hydrogens is 236 g/mol. The first-order valence-corrected chi connectivity index (χ1v) is 6.31. The number of aromatic nitrogens is 2. The lowest BCUT2D eigenvalue weighted by Crippen LogP contribution is -2.47. The van der Waals surface area contributed by atoms with Gasteiger partial charge >= 0.3 is 0 Å². The molecule has 100 valence electrons. The van der Waals surface area contributed by atoms with Crippen molar-refractivity contribution in [1.82, 2.24) is 10.2 Å². The Hall–Kier alpha value is -1.26. The van der Waals surface area contributed by atoms with Crippen LogP contribution in [0.2, 0.25) is 0 Å². The Morgan fingerprint density at radius 2 is 1.94 bits per heavy atom. The minimum atomic E-state index is -2.69. The molecule has 18 heavy (non-hydrogen) atoms. The van der Waals surface area contributed by atoms with E-state index >= 15 is 0 Å². The minimum absolute atomic E-state index is 0.00774. The van der Waals surface area contributed by atoms with Gasteiger partial charge < -0.3 is 4.90 Å². The van der Waals surface area contributed by atoms with E-state index in [4.69, 9.17) is 0 Å². The fourth-order valence-corrected chi connectivity index (χ4v) is 2.39. The van der Waals surface area contributed by atoms with E-state index < -0.39 is 5.92 Å². The van der Waals surface area contributed by atoms with E-state index in [1.165, 1.54) is 0 Å². The predicted molar refractivity (Wildman–Crippen MR) is 67.3 cm³/mol. The molecule has 1 aromatic heterocycles. The summed E-state index contributed by atoms with van der Waals surface area (Å²) in [7, 11) is 0. The highest BCUT2D eigenvalue weighted by Gasteiger charge is 2.41. The first-order valence-electron chi connectivity index (χ1n) is 6.31. The second-order valence-corrected chi connectivity index (χ2v) is 5.51. The molecule has 0 amide bonds. The van der Waals surface area contributed by atoms with Crippen LogP contribution < -0.4 is 4.90 Å². The highest BCUT2D eigenvalue weighted by molar-refractivity contribution is 5.54. The SMILES string of the molecule is CC(C)c1cnnc2c1CC(F)(F)CN2C(C)C. The third-order valence-corrected chi connectivity index (χ3v) is 3.32. The average Bonchev–Trinajstić information content (AvgIpc) is 2.25. The molecule has 0 N–H and O–H groups in total. The van der Waals surface area contributed by atoms with Crippen LogP contribution in [-0.2, 0) is 6.42 Å². The molecule has 3 nitrogen and oxygen atoms in total.